The van der Waals surface area contributed by atoms with E-state index in [-0.39, 0.29) is 35.4 Å². The van der Waals surface area contributed by atoms with Gasteiger partial charge in [-0.2, -0.15) is 8.78 Å². The molecule has 1 N–H and O–H groups in total. The molecule has 0 aliphatic carbocycles. The largest absolute Gasteiger partial charge is 0.494 e. The first-order valence-corrected chi connectivity index (χ1v) is 12.4. The number of aryl methyl sites for hydroxylation is 1. The first kappa shape index (κ1) is 26.3. The summed E-state index contributed by atoms with van der Waals surface area (Å²) in [4.78, 5) is 48.7. The number of rotatable bonds is 7. The molecule has 0 aromatic carbocycles. The molecule has 0 spiro atoms. The number of nitrogens with one attached hydrogen (secondary N) is 1. The molecule has 0 saturated heterocycles. The second kappa shape index (κ2) is 10.8. The average molecular weight is 574 g/mol. The Morgan fingerprint density at radius 2 is 1.85 bits per heavy atom. The third-order valence-electron chi connectivity index (χ3n) is 5.64. The van der Waals surface area contributed by atoms with Crippen molar-refractivity contribution in [3.8, 4) is 22.6 Å². The number of hydrogen-bond acceptors (Lipinski definition) is 10. The number of methoxy groups -OCH3 is 1. The van der Waals surface area contributed by atoms with E-state index in [0.717, 1.165) is 17.3 Å². The van der Waals surface area contributed by atoms with E-state index in [4.69, 9.17) is 16.3 Å². The van der Waals surface area contributed by atoms with Crippen molar-refractivity contribution in [2.75, 3.05) is 12.4 Å². The summed E-state index contributed by atoms with van der Waals surface area (Å²) in [5.41, 5.74) is 2.73. The fourth-order valence-electron chi connectivity index (χ4n) is 3.89. The zero-order valence-electron chi connectivity index (χ0n) is 20.3. The molecule has 2 amide bonds. The van der Waals surface area contributed by atoms with E-state index in [9.17, 15) is 18.4 Å². The summed E-state index contributed by atoms with van der Waals surface area (Å²) in [6.07, 6.45) is 4.96. The molecule has 0 radical (unpaired) electrons. The number of ether oxygens (including phenoxy) is 2. The van der Waals surface area contributed by atoms with Crippen molar-refractivity contribution in [2.24, 2.45) is 0 Å². The van der Waals surface area contributed by atoms with Crippen LogP contribution in [0.5, 0.6) is 11.5 Å². The van der Waals surface area contributed by atoms with Gasteiger partial charge in [-0.15, -0.1) is 0 Å². The third kappa shape index (κ3) is 5.61. The Kier molecular flexibility index (Phi) is 7.30. The number of nitrogens with zero attached hydrogens (tertiary/aromatic N) is 6. The summed E-state index contributed by atoms with van der Waals surface area (Å²) in [7, 11) is 1.50. The molecule has 11 nitrogen and oxygen atoms in total. The summed E-state index contributed by atoms with van der Waals surface area (Å²) >= 11 is 7.33. The van der Waals surface area contributed by atoms with E-state index < -0.39 is 18.4 Å². The first-order valence-electron chi connectivity index (χ1n) is 11.2. The minimum atomic E-state index is -3.02. The van der Waals surface area contributed by atoms with Crippen LogP contribution < -0.4 is 14.8 Å². The Balaban J connectivity index is 1.30. The monoisotopic (exact) mass is 573 g/mol. The van der Waals surface area contributed by atoms with Crippen molar-refractivity contribution in [3.63, 3.8) is 0 Å². The number of carbonyl (C=O) groups excluding carboxylic acids is 2. The van der Waals surface area contributed by atoms with Gasteiger partial charge in [-0.1, -0.05) is 22.9 Å². The Bertz CT molecular complexity index is 1550. The Morgan fingerprint density at radius 1 is 1.08 bits per heavy atom. The molecule has 200 valence electrons. The highest BCUT2D eigenvalue weighted by Crippen LogP contribution is 2.35. The number of amides is 2. The Labute approximate surface area is 228 Å². The van der Waals surface area contributed by atoms with Gasteiger partial charge in [-0.25, -0.2) is 19.9 Å². The van der Waals surface area contributed by atoms with E-state index in [1.165, 1.54) is 35.7 Å². The highest BCUT2D eigenvalue weighted by Gasteiger charge is 2.30. The second-order valence-corrected chi connectivity index (χ2v) is 9.67. The SMILES string of the molecule is COc1cnc(Cl)cc1-c1cc(C)ncc1C(=O)Nc1nc2c(s1)CN(C(=O)c1ncc(OC(F)F)cn1)C2. The van der Waals surface area contributed by atoms with Gasteiger partial charge in [-0.3, -0.25) is 19.9 Å². The van der Waals surface area contributed by atoms with Crippen molar-refractivity contribution in [3.05, 3.63) is 69.7 Å². The molecular weight excluding hydrogens is 556 g/mol. The van der Waals surface area contributed by atoms with Crippen molar-refractivity contribution < 1.29 is 27.8 Å². The summed E-state index contributed by atoms with van der Waals surface area (Å²) in [6, 6.07) is 3.36. The van der Waals surface area contributed by atoms with Crippen LogP contribution in [-0.2, 0) is 13.1 Å². The highest BCUT2D eigenvalue weighted by molar-refractivity contribution is 7.16. The van der Waals surface area contributed by atoms with E-state index in [2.05, 4.69) is 35.0 Å². The number of hydrogen-bond donors (Lipinski definition) is 1. The molecule has 0 unspecified atom stereocenters. The zero-order valence-corrected chi connectivity index (χ0v) is 21.9. The predicted octanol–water partition coefficient (Wildman–Crippen LogP) is 4.37. The standard InChI is InChI=1S/C24H18ClF2N7O4S/c1-11-3-13(14-4-19(25)29-8-17(14)37-2)15(7-28-11)21(35)33-24-32-16-9-34(10-18(16)39-24)22(36)20-30-5-12(6-31-20)38-23(26)27/h3-8,23H,9-10H2,1-2H3,(H,32,33,35). The number of anilines is 1. The van der Waals surface area contributed by atoms with Crippen LogP contribution in [0.15, 0.2) is 36.9 Å². The molecule has 0 bridgehead atoms. The minimum absolute atomic E-state index is 0.161. The molecule has 0 saturated carbocycles. The molecule has 4 aromatic rings. The number of aromatic nitrogens is 5. The number of carbonyl (C=O) groups is 2. The lowest BCUT2D eigenvalue weighted by Crippen LogP contribution is -2.27. The quantitative estimate of drug-likeness (QED) is 0.320. The van der Waals surface area contributed by atoms with Crippen LogP contribution in [0.3, 0.4) is 0 Å². The topological polar surface area (TPSA) is 132 Å². The smallest absolute Gasteiger partial charge is 0.387 e. The van der Waals surface area contributed by atoms with Gasteiger partial charge < -0.3 is 14.4 Å². The fourth-order valence-corrected chi connectivity index (χ4v) is 5.03. The number of alkyl halides is 2. The van der Waals surface area contributed by atoms with Crippen molar-refractivity contribution in [1.29, 1.82) is 0 Å². The lowest BCUT2D eigenvalue weighted by molar-refractivity contribution is -0.0503. The van der Waals surface area contributed by atoms with Crippen LogP contribution in [0.2, 0.25) is 5.15 Å². The molecule has 5 heterocycles. The van der Waals surface area contributed by atoms with Gasteiger partial charge in [0.15, 0.2) is 10.9 Å². The maximum absolute atomic E-state index is 13.3. The predicted molar refractivity (Wildman–Crippen MR) is 136 cm³/mol. The lowest BCUT2D eigenvalue weighted by Gasteiger charge is -2.14. The van der Waals surface area contributed by atoms with Crippen LogP contribution in [0, 0.1) is 6.92 Å². The number of pyridine rings is 2. The molecule has 5 rings (SSSR count). The summed E-state index contributed by atoms with van der Waals surface area (Å²) in [5, 5.41) is 3.40. The van der Waals surface area contributed by atoms with Crippen LogP contribution in [-0.4, -0.2) is 55.4 Å². The Hall–Kier alpha value is -4.30. The van der Waals surface area contributed by atoms with Gasteiger partial charge in [0, 0.05) is 23.0 Å². The molecule has 15 heteroatoms. The van der Waals surface area contributed by atoms with Gasteiger partial charge in [0.05, 0.1) is 54.9 Å². The summed E-state index contributed by atoms with van der Waals surface area (Å²) < 4.78 is 34.2. The van der Waals surface area contributed by atoms with E-state index >= 15 is 0 Å². The third-order valence-corrected chi connectivity index (χ3v) is 6.84. The maximum Gasteiger partial charge on any atom is 0.387 e. The van der Waals surface area contributed by atoms with Crippen molar-refractivity contribution in [2.45, 2.75) is 26.6 Å². The highest BCUT2D eigenvalue weighted by atomic mass is 35.5. The normalized spacial score (nSPS) is 12.4. The molecule has 0 fully saturated rings. The van der Waals surface area contributed by atoms with E-state index in [1.807, 2.05) is 0 Å². The number of thiazole rings is 1. The molecule has 1 aliphatic rings. The molecule has 4 aromatic heterocycles. The minimum Gasteiger partial charge on any atom is -0.494 e. The van der Waals surface area contributed by atoms with Gasteiger partial charge in [-0.05, 0) is 19.1 Å². The maximum atomic E-state index is 13.3. The van der Waals surface area contributed by atoms with Gasteiger partial charge in [0.2, 0.25) is 5.82 Å². The number of halogens is 3. The van der Waals surface area contributed by atoms with Gasteiger partial charge in [0.25, 0.3) is 11.8 Å². The van der Waals surface area contributed by atoms with Gasteiger partial charge in [0.1, 0.15) is 10.9 Å². The van der Waals surface area contributed by atoms with Gasteiger partial charge >= 0.3 is 6.61 Å². The Morgan fingerprint density at radius 3 is 2.54 bits per heavy atom. The fraction of sp³-hybridized carbons (Fsp3) is 0.208. The van der Waals surface area contributed by atoms with Crippen molar-refractivity contribution in [1.82, 2.24) is 29.8 Å². The summed E-state index contributed by atoms with van der Waals surface area (Å²) in [6.45, 7) is -0.820. The van der Waals surface area contributed by atoms with E-state index in [1.54, 1.807) is 19.1 Å². The second-order valence-electron chi connectivity index (χ2n) is 8.20. The van der Waals surface area contributed by atoms with Crippen LogP contribution >= 0.6 is 22.9 Å². The lowest BCUT2D eigenvalue weighted by atomic mass is 10.0. The molecule has 1 aliphatic heterocycles. The van der Waals surface area contributed by atoms with Crippen LogP contribution in [0.4, 0.5) is 13.9 Å². The first-order chi connectivity index (χ1) is 18.7. The molecular formula is C24H18ClF2N7O4S. The summed E-state index contributed by atoms with van der Waals surface area (Å²) in [5.74, 6) is -0.896. The number of fused-ring (bicyclic) bond motifs is 1. The average Bonchev–Trinajstić information content (AvgIpc) is 3.47. The molecule has 39 heavy (non-hydrogen) atoms. The van der Waals surface area contributed by atoms with Crippen LogP contribution in [0.1, 0.15) is 37.2 Å². The molecule has 0 atom stereocenters. The van der Waals surface area contributed by atoms with Crippen LogP contribution in [0.25, 0.3) is 11.1 Å². The zero-order chi connectivity index (χ0) is 27.7. The van der Waals surface area contributed by atoms with Crippen molar-refractivity contribution >= 4 is 39.9 Å². The van der Waals surface area contributed by atoms with E-state index in [0.29, 0.717) is 33.4 Å².